The van der Waals surface area contributed by atoms with Gasteiger partial charge in [-0.1, -0.05) is 24.3 Å². The first kappa shape index (κ1) is 17.7. The Morgan fingerprint density at radius 1 is 1.29 bits per heavy atom. The Kier molecular flexibility index (Phi) is 6.89. The highest BCUT2D eigenvalue weighted by molar-refractivity contribution is 5.85. The van der Waals surface area contributed by atoms with E-state index in [-0.39, 0.29) is 36.6 Å². The van der Waals surface area contributed by atoms with Crippen molar-refractivity contribution in [2.24, 2.45) is 5.92 Å². The van der Waals surface area contributed by atoms with Gasteiger partial charge in [0.1, 0.15) is 0 Å². The van der Waals surface area contributed by atoms with Gasteiger partial charge in [-0.3, -0.25) is 9.78 Å². The number of hydrogen-bond donors (Lipinski definition) is 2. The number of rotatable bonds is 3. The molecule has 1 fully saturated rings. The van der Waals surface area contributed by atoms with Gasteiger partial charge in [0.05, 0.1) is 11.4 Å². The second kappa shape index (κ2) is 8.17. The predicted molar refractivity (Wildman–Crippen MR) is 89.1 cm³/mol. The molecule has 0 radical (unpaired) electrons. The van der Waals surface area contributed by atoms with Gasteiger partial charge in [0.2, 0.25) is 5.91 Å². The molecule has 21 heavy (non-hydrogen) atoms. The van der Waals surface area contributed by atoms with Crippen molar-refractivity contribution in [3.8, 4) is 0 Å². The first-order chi connectivity index (χ1) is 9.34. The number of carbonyl (C=O) groups is 1. The Morgan fingerprint density at radius 2 is 2.10 bits per heavy atom. The Balaban J connectivity index is 0.00000110. The van der Waals surface area contributed by atoms with Gasteiger partial charge in [-0.15, -0.1) is 24.8 Å². The van der Waals surface area contributed by atoms with Crippen LogP contribution in [-0.4, -0.2) is 24.0 Å². The molecule has 1 amide bonds. The molecule has 1 aliphatic heterocycles. The average Bonchev–Trinajstić information content (AvgIpc) is 2.99. The van der Waals surface area contributed by atoms with Crippen molar-refractivity contribution < 1.29 is 4.79 Å². The third-order valence-electron chi connectivity index (χ3n) is 3.60. The SMILES string of the molecule is Cl.Cl.O=C(NCc1cccc2cccnc12)C1CCNC1. The molecular weight excluding hydrogens is 309 g/mol. The van der Waals surface area contributed by atoms with E-state index in [9.17, 15) is 4.79 Å². The van der Waals surface area contributed by atoms with Crippen molar-refractivity contribution >= 4 is 41.6 Å². The number of nitrogens with one attached hydrogen (secondary N) is 2. The van der Waals surface area contributed by atoms with E-state index in [1.54, 1.807) is 6.20 Å². The number of fused-ring (bicyclic) bond motifs is 1. The van der Waals surface area contributed by atoms with Gasteiger partial charge < -0.3 is 10.6 Å². The van der Waals surface area contributed by atoms with E-state index < -0.39 is 0 Å². The summed E-state index contributed by atoms with van der Waals surface area (Å²) in [6.45, 7) is 2.28. The standard InChI is InChI=1S/C15H17N3O.2ClH/c19-15(13-6-8-16-9-13)18-10-12-4-1-3-11-5-2-7-17-14(11)12;;/h1-5,7,13,16H,6,8-10H2,(H,18,19);2*1H. The third-order valence-corrected chi connectivity index (χ3v) is 3.60. The van der Waals surface area contributed by atoms with Gasteiger partial charge >= 0.3 is 0 Å². The second-order valence-electron chi connectivity index (χ2n) is 4.90. The summed E-state index contributed by atoms with van der Waals surface area (Å²) in [6, 6.07) is 10.0. The van der Waals surface area contributed by atoms with Crippen LogP contribution >= 0.6 is 24.8 Å². The quantitative estimate of drug-likeness (QED) is 0.909. The molecule has 1 aliphatic rings. The maximum Gasteiger partial charge on any atom is 0.224 e. The maximum absolute atomic E-state index is 12.0. The van der Waals surface area contributed by atoms with Crippen molar-refractivity contribution in [3.05, 3.63) is 42.1 Å². The zero-order valence-corrected chi connectivity index (χ0v) is 13.2. The Labute approximate surface area is 136 Å². The first-order valence-electron chi connectivity index (χ1n) is 6.65. The van der Waals surface area contributed by atoms with E-state index in [1.165, 1.54) is 0 Å². The lowest BCUT2D eigenvalue weighted by Gasteiger charge is -2.11. The summed E-state index contributed by atoms with van der Waals surface area (Å²) in [6.07, 6.45) is 2.72. The fraction of sp³-hybridized carbons (Fsp3) is 0.333. The summed E-state index contributed by atoms with van der Waals surface area (Å²) < 4.78 is 0. The van der Waals surface area contributed by atoms with Crippen LogP contribution in [0.4, 0.5) is 0 Å². The maximum atomic E-state index is 12.0. The highest BCUT2D eigenvalue weighted by atomic mass is 35.5. The van der Waals surface area contributed by atoms with Crippen molar-refractivity contribution in [3.63, 3.8) is 0 Å². The molecule has 0 bridgehead atoms. The highest BCUT2D eigenvalue weighted by Gasteiger charge is 2.21. The van der Waals surface area contributed by atoms with Crippen LogP contribution in [0.2, 0.25) is 0 Å². The number of carbonyl (C=O) groups excluding carboxylic acids is 1. The van der Waals surface area contributed by atoms with Crippen LogP contribution < -0.4 is 10.6 Å². The van der Waals surface area contributed by atoms with Crippen molar-refractivity contribution in [1.82, 2.24) is 15.6 Å². The molecule has 0 spiro atoms. The van der Waals surface area contributed by atoms with Crippen LogP contribution in [-0.2, 0) is 11.3 Å². The molecule has 1 aromatic heterocycles. The van der Waals surface area contributed by atoms with Gasteiger partial charge in [0, 0.05) is 24.7 Å². The molecule has 0 saturated carbocycles. The van der Waals surface area contributed by atoms with E-state index in [2.05, 4.69) is 15.6 Å². The minimum Gasteiger partial charge on any atom is -0.352 e. The number of nitrogens with zero attached hydrogens (tertiary/aromatic N) is 1. The van der Waals surface area contributed by atoms with Crippen LogP contribution in [0.1, 0.15) is 12.0 Å². The molecule has 4 nitrogen and oxygen atoms in total. The van der Waals surface area contributed by atoms with Crippen molar-refractivity contribution in [2.45, 2.75) is 13.0 Å². The average molecular weight is 328 g/mol. The second-order valence-corrected chi connectivity index (χ2v) is 4.90. The summed E-state index contributed by atoms with van der Waals surface area (Å²) in [5, 5.41) is 7.33. The van der Waals surface area contributed by atoms with Crippen LogP contribution in [0.15, 0.2) is 36.5 Å². The monoisotopic (exact) mass is 327 g/mol. The van der Waals surface area contributed by atoms with Crippen LogP contribution in [0.5, 0.6) is 0 Å². The molecule has 0 aliphatic carbocycles. The molecule has 2 aromatic rings. The molecule has 2 heterocycles. The molecule has 3 rings (SSSR count). The number of para-hydroxylation sites is 1. The van der Waals surface area contributed by atoms with E-state index in [0.717, 1.165) is 36.0 Å². The lowest BCUT2D eigenvalue weighted by atomic mass is 10.1. The van der Waals surface area contributed by atoms with Crippen molar-refractivity contribution in [2.75, 3.05) is 13.1 Å². The lowest BCUT2D eigenvalue weighted by molar-refractivity contribution is -0.124. The van der Waals surface area contributed by atoms with Gasteiger partial charge in [0.25, 0.3) is 0 Å². The molecule has 114 valence electrons. The fourth-order valence-electron chi connectivity index (χ4n) is 2.52. The fourth-order valence-corrected chi connectivity index (χ4v) is 2.52. The number of hydrogen-bond acceptors (Lipinski definition) is 3. The Hall–Kier alpha value is -1.36. The van der Waals surface area contributed by atoms with Gasteiger partial charge in [-0.05, 0) is 24.6 Å². The molecule has 6 heteroatoms. The highest BCUT2D eigenvalue weighted by Crippen LogP contribution is 2.16. The van der Waals surface area contributed by atoms with Crippen LogP contribution in [0.3, 0.4) is 0 Å². The van der Waals surface area contributed by atoms with E-state index in [1.807, 2.05) is 30.3 Å². The number of amides is 1. The van der Waals surface area contributed by atoms with Gasteiger partial charge in [0.15, 0.2) is 0 Å². The predicted octanol–water partition coefficient (Wildman–Crippen LogP) is 2.30. The number of aromatic nitrogens is 1. The topological polar surface area (TPSA) is 54.0 Å². The summed E-state index contributed by atoms with van der Waals surface area (Å²) in [5.41, 5.74) is 2.03. The van der Waals surface area contributed by atoms with Crippen LogP contribution in [0, 0.1) is 5.92 Å². The molecule has 2 N–H and O–H groups in total. The summed E-state index contributed by atoms with van der Waals surface area (Å²) in [5.74, 6) is 0.251. The van der Waals surface area contributed by atoms with Crippen molar-refractivity contribution in [1.29, 1.82) is 0 Å². The zero-order chi connectivity index (χ0) is 13.1. The largest absolute Gasteiger partial charge is 0.352 e. The van der Waals surface area contributed by atoms with Crippen LogP contribution in [0.25, 0.3) is 10.9 Å². The van der Waals surface area contributed by atoms with Gasteiger partial charge in [-0.25, -0.2) is 0 Å². The Bertz CT molecular complexity index is 595. The minimum absolute atomic E-state index is 0. The minimum atomic E-state index is 0. The van der Waals surface area contributed by atoms with E-state index >= 15 is 0 Å². The molecular formula is C15H19Cl2N3O. The molecule has 1 atom stereocenters. The van der Waals surface area contributed by atoms with E-state index in [0.29, 0.717) is 6.54 Å². The zero-order valence-electron chi connectivity index (χ0n) is 11.5. The normalized spacial score (nSPS) is 16.9. The Morgan fingerprint density at radius 3 is 2.86 bits per heavy atom. The molecule has 1 unspecified atom stereocenters. The number of pyridine rings is 1. The number of benzene rings is 1. The lowest BCUT2D eigenvalue weighted by Crippen LogP contribution is -2.31. The smallest absolute Gasteiger partial charge is 0.224 e. The molecule has 1 saturated heterocycles. The first-order valence-corrected chi connectivity index (χ1v) is 6.65. The summed E-state index contributed by atoms with van der Waals surface area (Å²) >= 11 is 0. The third kappa shape index (κ3) is 4.06. The van der Waals surface area contributed by atoms with E-state index in [4.69, 9.17) is 0 Å². The van der Waals surface area contributed by atoms with Gasteiger partial charge in [-0.2, -0.15) is 0 Å². The summed E-state index contributed by atoms with van der Waals surface area (Å²) in [4.78, 5) is 16.4. The number of halogens is 2. The summed E-state index contributed by atoms with van der Waals surface area (Å²) in [7, 11) is 0. The molecule has 1 aromatic carbocycles.